The average molecular weight is 197 g/mol. The Morgan fingerprint density at radius 1 is 1.36 bits per heavy atom. The molecule has 0 spiro atoms. The number of nitrogens with one attached hydrogen (secondary N) is 2. The summed E-state index contributed by atoms with van der Waals surface area (Å²) in [6.45, 7) is 10.7. The molecule has 0 saturated carbocycles. The van der Waals surface area contributed by atoms with Crippen LogP contribution in [0.3, 0.4) is 0 Å². The molecule has 0 amide bonds. The zero-order valence-electron chi connectivity index (χ0n) is 9.56. The van der Waals surface area contributed by atoms with Gasteiger partial charge in [-0.2, -0.15) is 10.6 Å². The van der Waals surface area contributed by atoms with E-state index in [4.69, 9.17) is 4.84 Å². The van der Waals surface area contributed by atoms with E-state index in [1.54, 1.807) is 0 Å². The van der Waals surface area contributed by atoms with Crippen LogP contribution in [0.4, 0.5) is 0 Å². The standard InChI is InChI=1S/C10H19N3O/c1-7-9(8(2)13-12-7)6-11-14-10(3,4)5/h11H,6H2,1-5H3,(H,12,13). The SMILES string of the molecule is Cc1n[nH]c(C)c1CNOC(C)(C)C. The second-order valence-electron chi connectivity index (χ2n) is 4.45. The summed E-state index contributed by atoms with van der Waals surface area (Å²) < 4.78 is 0. The Kier molecular flexibility index (Phi) is 3.29. The molecule has 14 heavy (non-hydrogen) atoms. The Morgan fingerprint density at radius 2 is 2.00 bits per heavy atom. The zero-order valence-corrected chi connectivity index (χ0v) is 9.56. The molecule has 1 aromatic heterocycles. The van der Waals surface area contributed by atoms with E-state index in [-0.39, 0.29) is 5.60 Å². The highest BCUT2D eigenvalue weighted by atomic mass is 16.7. The van der Waals surface area contributed by atoms with Crippen LogP contribution in [0.5, 0.6) is 0 Å². The van der Waals surface area contributed by atoms with Crippen LogP contribution >= 0.6 is 0 Å². The molecule has 0 aliphatic rings. The Labute approximate surface area is 85.0 Å². The topological polar surface area (TPSA) is 49.9 Å². The number of aromatic amines is 1. The highest BCUT2D eigenvalue weighted by molar-refractivity contribution is 5.22. The number of H-pyrrole nitrogens is 1. The highest BCUT2D eigenvalue weighted by Gasteiger charge is 2.11. The van der Waals surface area contributed by atoms with Gasteiger partial charge in [0.05, 0.1) is 11.3 Å². The van der Waals surface area contributed by atoms with Gasteiger partial charge in [-0.15, -0.1) is 0 Å². The van der Waals surface area contributed by atoms with E-state index < -0.39 is 0 Å². The molecule has 0 atom stereocenters. The summed E-state index contributed by atoms with van der Waals surface area (Å²) in [6, 6.07) is 0. The minimum Gasteiger partial charge on any atom is -0.296 e. The second-order valence-corrected chi connectivity index (χ2v) is 4.45. The lowest BCUT2D eigenvalue weighted by atomic mass is 10.2. The maximum absolute atomic E-state index is 5.42. The third kappa shape index (κ3) is 3.12. The number of hydrogen-bond donors (Lipinski definition) is 2. The molecule has 0 radical (unpaired) electrons. The molecule has 1 rings (SSSR count). The van der Waals surface area contributed by atoms with Crippen LogP contribution in [-0.4, -0.2) is 15.8 Å². The van der Waals surface area contributed by atoms with Crippen molar-refractivity contribution in [2.75, 3.05) is 0 Å². The molecule has 0 fully saturated rings. The number of aromatic nitrogens is 2. The van der Waals surface area contributed by atoms with Crippen molar-refractivity contribution in [1.29, 1.82) is 0 Å². The molecule has 0 saturated heterocycles. The average Bonchev–Trinajstić information content (AvgIpc) is 2.33. The predicted molar refractivity (Wildman–Crippen MR) is 55.7 cm³/mol. The molecular formula is C10H19N3O. The fraction of sp³-hybridized carbons (Fsp3) is 0.700. The van der Waals surface area contributed by atoms with E-state index in [0.29, 0.717) is 6.54 Å². The first-order chi connectivity index (χ1) is 6.40. The van der Waals surface area contributed by atoms with Crippen molar-refractivity contribution in [3.05, 3.63) is 17.0 Å². The Morgan fingerprint density at radius 3 is 2.43 bits per heavy atom. The molecule has 0 unspecified atom stereocenters. The molecule has 0 aromatic carbocycles. The van der Waals surface area contributed by atoms with Gasteiger partial charge >= 0.3 is 0 Å². The van der Waals surface area contributed by atoms with Gasteiger partial charge in [0.2, 0.25) is 0 Å². The zero-order chi connectivity index (χ0) is 10.8. The van der Waals surface area contributed by atoms with Crippen LogP contribution < -0.4 is 5.48 Å². The smallest absolute Gasteiger partial charge is 0.0813 e. The van der Waals surface area contributed by atoms with E-state index in [1.165, 1.54) is 5.56 Å². The lowest BCUT2D eigenvalue weighted by Gasteiger charge is -2.19. The molecule has 0 aliphatic carbocycles. The van der Waals surface area contributed by atoms with Crippen LogP contribution in [-0.2, 0) is 11.4 Å². The van der Waals surface area contributed by atoms with Gasteiger partial charge in [0.1, 0.15) is 0 Å². The summed E-state index contributed by atoms with van der Waals surface area (Å²) in [4.78, 5) is 5.42. The van der Waals surface area contributed by atoms with Crippen molar-refractivity contribution in [1.82, 2.24) is 15.7 Å². The monoisotopic (exact) mass is 197 g/mol. The van der Waals surface area contributed by atoms with E-state index in [1.807, 2.05) is 34.6 Å². The molecule has 4 heteroatoms. The van der Waals surface area contributed by atoms with Crippen LogP contribution in [0.1, 0.15) is 37.7 Å². The van der Waals surface area contributed by atoms with Gasteiger partial charge < -0.3 is 0 Å². The van der Waals surface area contributed by atoms with E-state index in [0.717, 1.165) is 11.4 Å². The van der Waals surface area contributed by atoms with Crippen molar-refractivity contribution in [2.24, 2.45) is 0 Å². The lowest BCUT2D eigenvalue weighted by Crippen LogP contribution is -2.29. The quantitative estimate of drug-likeness (QED) is 0.727. The molecule has 2 N–H and O–H groups in total. The summed E-state index contributed by atoms with van der Waals surface area (Å²) >= 11 is 0. The van der Waals surface area contributed by atoms with Gasteiger partial charge in [0.15, 0.2) is 0 Å². The summed E-state index contributed by atoms with van der Waals surface area (Å²) in [5.41, 5.74) is 6.07. The first kappa shape index (κ1) is 11.2. The maximum atomic E-state index is 5.42. The summed E-state index contributed by atoms with van der Waals surface area (Å²) in [7, 11) is 0. The largest absolute Gasteiger partial charge is 0.296 e. The first-order valence-corrected chi connectivity index (χ1v) is 4.81. The Balaban J connectivity index is 2.46. The van der Waals surface area contributed by atoms with Crippen molar-refractivity contribution in [3.8, 4) is 0 Å². The fourth-order valence-corrected chi connectivity index (χ4v) is 1.16. The van der Waals surface area contributed by atoms with E-state index >= 15 is 0 Å². The molecule has 1 heterocycles. The van der Waals surface area contributed by atoms with Crippen molar-refractivity contribution in [2.45, 2.75) is 46.8 Å². The van der Waals surface area contributed by atoms with E-state index in [2.05, 4.69) is 15.7 Å². The van der Waals surface area contributed by atoms with Crippen LogP contribution in [0, 0.1) is 13.8 Å². The van der Waals surface area contributed by atoms with Crippen molar-refractivity contribution in [3.63, 3.8) is 0 Å². The van der Waals surface area contributed by atoms with Crippen molar-refractivity contribution < 1.29 is 4.84 Å². The minimum atomic E-state index is -0.161. The summed E-state index contributed by atoms with van der Waals surface area (Å²) in [5.74, 6) is 0. The number of nitrogens with zero attached hydrogens (tertiary/aromatic N) is 1. The van der Waals surface area contributed by atoms with Gasteiger partial charge in [-0.05, 0) is 34.6 Å². The van der Waals surface area contributed by atoms with Gasteiger partial charge in [-0.1, -0.05) is 0 Å². The van der Waals surface area contributed by atoms with Crippen LogP contribution in [0.25, 0.3) is 0 Å². The third-order valence-corrected chi connectivity index (χ3v) is 1.91. The number of aryl methyl sites for hydroxylation is 2. The summed E-state index contributed by atoms with van der Waals surface area (Å²) in [5, 5.41) is 7.05. The predicted octanol–water partition coefficient (Wildman–Crippen LogP) is 1.85. The molecule has 0 bridgehead atoms. The van der Waals surface area contributed by atoms with Crippen molar-refractivity contribution >= 4 is 0 Å². The number of hydrogen-bond acceptors (Lipinski definition) is 3. The van der Waals surface area contributed by atoms with Gasteiger partial charge in [-0.3, -0.25) is 9.94 Å². The minimum absolute atomic E-state index is 0.161. The fourth-order valence-electron chi connectivity index (χ4n) is 1.16. The number of hydroxylamine groups is 1. The van der Waals surface area contributed by atoms with Crippen LogP contribution in [0.2, 0.25) is 0 Å². The first-order valence-electron chi connectivity index (χ1n) is 4.81. The third-order valence-electron chi connectivity index (χ3n) is 1.91. The Bertz CT molecular complexity index is 279. The van der Waals surface area contributed by atoms with Gasteiger partial charge in [0, 0.05) is 17.8 Å². The maximum Gasteiger partial charge on any atom is 0.0813 e. The highest BCUT2D eigenvalue weighted by Crippen LogP contribution is 2.10. The van der Waals surface area contributed by atoms with Crippen LogP contribution in [0.15, 0.2) is 0 Å². The van der Waals surface area contributed by atoms with Gasteiger partial charge in [-0.25, -0.2) is 0 Å². The van der Waals surface area contributed by atoms with E-state index in [9.17, 15) is 0 Å². The van der Waals surface area contributed by atoms with Gasteiger partial charge in [0.25, 0.3) is 0 Å². The summed E-state index contributed by atoms with van der Waals surface area (Å²) in [6.07, 6.45) is 0. The molecular weight excluding hydrogens is 178 g/mol. The molecule has 80 valence electrons. The Hall–Kier alpha value is -0.870. The lowest BCUT2D eigenvalue weighted by molar-refractivity contribution is -0.0758. The second kappa shape index (κ2) is 4.11. The molecule has 4 nitrogen and oxygen atoms in total. The normalized spacial score (nSPS) is 12.1. The molecule has 0 aliphatic heterocycles. The molecule has 1 aromatic rings. The number of rotatable bonds is 3.